The van der Waals surface area contributed by atoms with Gasteiger partial charge in [0.05, 0.1) is 10.5 Å². The fourth-order valence-corrected chi connectivity index (χ4v) is 2.18. The quantitative estimate of drug-likeness (QED) is 0.705. The smallest absolute Gasteiger partial charge is 0.223 e. The highest BCUT2D eigenvalue weighted by molar-refractivity contribution is 7.80. The minimum absolute atomic E-state index is 0.123. The van der Waals surface area contributed by atoms with Gasteiger partial charge in [-0.25, -0.2) is 0 Å². The summed E-state index contributed by atoms with van der Waals surface area (Å²) >= 11 is 5.05. The van der Waals surface area contributed by atoms with Crippen molar-refractivity contribution in [3.05, 3.63) is 0 Å². The molecule has 0 spiro atoms. The first-order valence-corrected chi connectivity index (χ1v) is 6.08. The Labute approximate surface area is 96.8 Å². The molecule has 0 aromatic heterocycles. The van der Waals surface area contributed by atoms with E-state index >= 15 is 0 Å². The van der Waals surface area contributed by atoms with E-state index in [1.807, 2.05) is 13.8 Å². The normalized spacial score (nSPS) is 16.9. The fraction of sp³-hybridized carbons (Fsp3) is 0.818. The molecule has 0 saturated heterocycles. The molecule has 4 heteroatoms. The average Bonchev–Trinajstić information content (AvgIpc) is 2.11. The number of hydrogen-bond donors (Lipinski definition) is 2. The van der Waals surface area contributed by atoms with Crippen LogP contribution < -0.4 is 11.1 Å². The molecule has 1 aliphatic rings. The van der Waals surface area contributed by atoms with Crippen molar-refractivity contribution in [3.63, 3.8) is 0 Å². The van der Waals surface area contributed by atoms with Gasteiger partial charge in [0.15, 0.2) is 0 Å². The highest BCUT2D eigenvalue weighted by atomic mass is 32.1. The highest BCUT2D eigenvalue weighted by Crippen LogP contribution is 2.28. The number of nitrogens with two attached hydrogens (primary N) is 1. The third-order valence-electron chi connectivity index (χ3n) is 3.52. The predicted octanol–water partition coefficient (Wildman–Crippen LogP) is 1.75. The second-order valence-corrected chi connectivity index (χ2v) is 4.71. The molecular formula is C11H20N2OS. The zero-order chi connectivity index (χ0) is 11.5. The van der Waals surface area contributed by atoms with Crippen LogP contribution in [0.4, 0.5) is 0 Å². The largest absolute Gasteiger partial charge is 0.391 e. The van der Waals surface area contributed by atoms with E-state index in [9.17, 15) is 4.79 Å². The van der Waals surface area contributed by atoms with Crippen LogP contribution in [0, 0.1) is 5.92 Å². The van der Waals surface area contributed by atoms with Crippen LogP contribution in [0.1, 0.15) is 46.0 Å². The Hall–Kier alpha value is -0.640. The number of amides is 1. The van der Waals surface area contributed by atoms with Crippen LogP contribution in [-0.4, -0.2) is 16.4 Å². The van der Waals surface area contributed by atoms with Gasteiger partial charge in [-0.05, 0) is 25.7 Å². The summed E-state index contributed by atoms with van der Waals surface area (Å²) in [5.41, 5.74) is 5.25. The second kappa shape index (κ2) is 4.92. The van der Waals surface area contributed by atoms with Gasteiger partial charge in [0.1, 0.15) is 0 Å². The summed E-state index contributed by atoms with van der Waals surface area (Å²) in [6, 6.07) is 0. The Morgan fingerprint density at radius 2 is 2.00 bits per heavy atom. The van der Waals surface area contributed by atoms with E-state index in [0.29, 0.717) is 4.99 Å². The first-order valence-electron chi connectivity index (χ1n) is 5.67. The summed E-state index contributed by atoms with van der Waals surface area (Å²) in [5, 5.41) is 3.03. The molecule has 1 amide bonds. The number of thiocarbonyl (C=S) groups is 1. The number of carbonyl (C=O) groups is 1. The molecule has 1 saturated carbocycles. The van der Waals surface area contributed by atoms with Crippen molar-refractivity contribution in [2.45, 2.75) is 51.5 Å². The van der Waals surface area contributed by atoms with Crippen molar-refractivity contribution in [3.8, 4) is 0 Å². The lowest BCUT2D eigenvalue weighted by molar-refractivity contribution is -0.128. The summed E-state index contributed by atoms with van der Waals surface area (Å²) in [4.78, 5) is 12.2. The molecule has 1 aliphatic carbocycles. The highest BCUT2D eigenvalue weighted by Gasteiger charge is 2.35. The number of nitrogens with one attached hydrogen (secondary N) is 1. The van der Waals surface area contributed by atoms with E-state index in [-0.39, 0.29) is 11.8 Å². The average molecular weight is 228 g/mol. The van der Waals surface area contributed by atoms with Crippen LogP contribution >= 0.6 is 12.2 Å². The van der Waals surface area contributed by atoms with Crippen LogP contribution in [0.2, 0.25) is 0 Å². The molecule has 0 heterocycles. The van der Waals surface area contributed by atoms with Gasteiger partial charge >= 0.3 is 0 Å². The maximum Gasteiger partial charge on any atom is 0.223 e. The fourth-order valence-electron chi connectivity index (χ4n) is 1.85. The van der Waals surface area contributed by atoms with Gasteiger partial charge in [-0.1, -0.05) is 32.5 Å². The van der Waals surface area contributed by atoms with Gasteiger partial charge in [-0.3, -0.25) is 4.79 Å². The molecule has 0 bridgehead atoms. The minimum Gasteiger partial charge on any atom is -0.391 e. The number of hydrogen-bond acceptors (Lipinski definition) is 2. The minimum atomic E-state index is -0.470. The van der Waals surface area contributed by atoms with Gasteiger partial charge in [0, 0.05) is 5.92 Å². The van der Waals surface area contributed by atoms with E-state index in [1.54, 1.807) is 0 Å². The molecule has 15 heavy (non-hydrogen) atoms. The molecule has 0 aliphatic heterocycles. The van der Waals surface area contributed by atoms with Crippen LogP contribution in [0.3, 0.4) is 0 Å². The number of carbonyl (C=O) groups excluding carboxylic acids is 1. The first-order chi connectivity index (χ1) is 7.05. The SMILES string of the molecule is CCC(CC)(NC(=O)C1CCC1)C(N)=S. The summed E-state index contributed by atoms with van der Waals surface area (Å²) in [5.74, 6) is 0.314. The van der Waals surface area contributed by atoms with Gasteiger partial charge < -0.3 is 11.1 Å². The Morgan fingerprint density at radius 3 is 2.27 bits per heavy atom. The molecule has 0 radical (unpaired) electrons. The van der Waals surface area contributed by atoms with Crippen molar-refractivity contribution in [1.82, 2.24) is 5.32 Å². The van der Waals surface area contributed by atoms with Gasteiger partial charge in [0.2, 0.25) is 5.91 Å². The summed E-state index contributed by atoms with van der Waals surface area (Å²) in [7, 11) is 0. The second-order valence-electron chi connectivity index (χ2n) is 4.27. The van der Waals surface area contributed by atoms with E-state index in [0.717, 1.165) is 32.1 Å². The molecule has 1 rings (SSSR count). The van der Waals surface area contributed by atoms with Gasteiger partial charge in [-0.2, -0.15) is 0 Å². The Bertz CT molecular complexity index is 257. The molecule has 3 nitrogen and oxygen atoms in total. The maximum atomic E-state index is 11.8. The first kappa shape index (κ1) is 12.4. The third-order valence-corrected chi connectivity index (χ3v) is 3.91. The van der Waals surface area contributed by atoms with E-state index in [2.05, 4.69) is 5.32 Å². The van der Waals surface area contributed by atoms with Crippen LogP contribution in [0.15, 0.2) is 0 Å². The molecular weight excluding hydrogens is 208 g/mol. The maximum absolute atomic E-state index is 11.8. The van der Waals surface area contributed by atoms with Crippen molar-refractivity contribution in [1.29, 1.82) is 0 Å². The van der Waals surface area contributed by atoms with E-state index in [1.165, 1.54) is 0 Å². The molecule has 0 aromatic carbocycles. The Balaban J connectivity index is 2.64. The third kappa shape index (κ3) is 2.48. The van der Waals surface area contributed by atoms with Gasteiger partial charge in [-0.15, -0.1) is 0 Å². The standard InChI is InChI=1S/C11H20N2OS/c1-3-11(4-2,10(12)15)13-9(14)8-6-5-7-8/h8H,3-7H2,1-2H3,(H2,12,15)(H,13,14). The summed E-state index contributed by atoms with van der Waals surface area (Å²) < 4.78 is 0. The lowest BCUT2D eigenvalue weighted by atomic mass is 9.83. The summed E-state index contributed by atoms with van der Waals surface area (Å²) in [6.45, 7) is 4.01. The van der Waals surface area contributed by atoms with Crippen LogP contribution in [-0.2, 0) is 4.79 Å². The van der Waals surface area contributed by atoms with Gasteiger partial charge in [0.25, 0.3) is 0 Å². The summed E-state index contributed by atoms with van der Waals surface area (Å²) in [6.07, 6.45) is 4.70. The molecule has 86 valence electrons. The number of rotatable bonds is 5. The van der Waals surface area contributed by atoms with Crippen molar-refractivity contribution < 1.29 is 4.79 Å². The molecule has 0 unspecified atom stereocenters. The Kier molecular flexibility index (Phi) is 4.08. The molecule has 1 fully saturated rings. The van der Waals surface area contributed by atoms with Crippen molar-refractivity contribution in [2.75, 3.05) is 0 Å². The molecule has 3 N–H and O–H groups in total. The van der Waals surface area contributed by atoms with E-state index < -0.39 is 5.54 Å². The lowest BCUT2D eigenvalue weighted by Crippen LogP contribution is -2.57. The van der Waals surface area contributed by atoms with Crippen LogP contribution in [0.25, 0.3) is 0 Å². The monoisotopic (exact) mass is 228 g/mol. The molecule has 0 atom stereocenters. The van der Waals surface area contributed by atoms with E-state index in [4.69, 9.17) is 18.0 Å². The molecule has 0 aromatic rings. The lowest BCUT2D eigenvalue weighted by Gasteiger charge is -2.35. The zero-order valence-corrected chi connectivity index (χ0v) is 10.3. The zero-order valence-electron chi connectivity index (χ0n) is 9.51. The predicted molar refractivity (Wildman–Crippen MR) is 65.6 cm³/mol. The topological polar surface area (TPSA) is 55.1 Å². The van der Waals surface area contributed by atoms with Crippen molar-refractivity contribution in [2.24, 2.45) is 11.7 Å². The van der Waals surface area contributed by atoms with Crippen LogP contribution in [0.5, 0.6) is 0 Å². The Morgan fingerprint density at radius 1 is 1.47 bits per heavy atom. The van der Waals surface area contributed by atoms with Crippen molar-refractivity contribution >= 4 is 23.1 Å².